The van der Waals surface area contributed by atoms with Crippen molar-refractivity contribution in [1.82, 2.24) is 0 Å². The maximum atomic E-state index is 12.8. The summed E-state index contributed by atoms with van der Waals surface area (Å²) in [5.74, 6) is 0.262. The zero-order valence-corrected chi connectivity index (χ0v) is 10.4. The van der Waals surface area contributed by atoms with Gasteiger partial charge in [0.2, 0.25) is 0 Å². The first-order valence-corrected chi connectivity index (χ1v) is 5.54. The molecule has 0 aromatic heterocycles. The standard InChI is InChI=1S/C7H4ClFI2/c8-3-4-1-2-5(9)7(11)6(4)10/h1-2H,3H2. The van der Waals surface area contributed by atoms with Crippen molar-refractivity contribution < 1.29 is 4.39 Å². The Morgan fingerprint density at radius 3 is 2.45 bits per heavy atom. The maximum Gasteiger partial charge on any atom is 0.137 e. The van der Waals surface area contributed by atoms with Gasteiger partial charge in [-0.05, 0) is 56.8 Å². The highest BCUT2D eigenvalue weighted by atomic mass is 127. The summed E-state index contributed by atoms with van der Waals surface area (Å²) in [6.07, 6.45) is 0. The van der Waals surface area contributed by atoms with Crippen molar-refractivity contribution >= 4 is 56.8 Å². The molecule has 60 valence electrons. The smallest absolute Gasteiger partial charge is 0.137 e. The number of halogens is 4. The van der Waals surface area contributed by atoms with E-state index < -0.39 is 0 Å². The molecule has 0 amide bonds. The number of rotatable bonds is 1. The molecule has 0 heterocycles. The van der Waals surface area contributed by atoms with Gasteiger partial charge >= 0.3 is 0 Å². The van der Waals surface area contributed by atoms with Crippen LogP contribution in [0.2, 0.25) is 0 Å². The molecule has 0 N–H and O–H groups in total. The number of alkyl halides is 1. The molecule has 1 rings (SSSR count). The lowest BCUT2D eigenvalue weighted by Crippen LogP contribution is -1.91. The van der Waals surface area contributed by atoms with Crippen LogP contribution < -0.4 is 0 Å². The van der Waals surface area contributed by atoms with Crippen molar-refractivity contribution in [3.63, 3.8) is 0 Å². The van der Waals surface area contributed by atoms with Crippen LogP contribution >= 0.6 is 56.8 Å². The van der Waals surface area contributed by atoms with Gasteiger partial charge in [-0.15, -0.1) is 11.6 Å². The third kappa shape index (κ3) is 2.18. The summed E-state index contributed by atoms with van der Waals surface area (Å²) in [4.78, 5) is 0. The van der Waals surface area contributed by atoms with E-state index in [2.05, 4.69) is 22.6 Å². The van der Waals surface area contributed by atoms with Gasteiger partial charge in [0.1, 0.15) is 5.82 Å². The van der Waals surface area contributed by atoms with Gasteiger partial charge in [-0.1, -0.05) is 6.07 Å². The van der Waals surface area contributed by atoms with Gasteiger partial charge < -0.3 is 0 Å². The minimum atomic E-state index is -0.177. The molecule has 0 atom stereocenters. The molecule has 0 aliphatic carbocycles. The van der Waals surface area contributed by atoms with Gasteiger partial charge in [0, 0.05) is 9.45 Å². The highest BCUT2D eigenvalue weighted by Crippen LogP contribution is 2.23. The molecule has 11 heavy (non-hydrogen) atoms. The quantitative estimate of drug-likeness (QED) is 0.385. The van der Waals surface area contributed by atoms with E-state index in [9.17, 15) is 4.39 Å². The molecule has 4 heteroatoms. The molecule has 0 spiro atoms. The molecular weight excluding hydrogens is 392 g/mol. The average Bonchev–Trinajstić information content (AvgIpc) is 2.01. The summed E-state index contributed by atoms with van der Waals surface area (Å²) in [5.41, 5.74) is 0.984. The van der Waals surface area contributed by atoms with Crippen molar-refractivity contribution in [2.45, 2.75) is 5.88 Å². The monoisotopic (exact) mass is 396 g/mol. The summed E-state index contributed by atoms with van der Waals surface area (Å²) in [6, 6.07) is 3.16. The minimum absolute atomic E-state index is 0.177. The van der Waals surface area contributed by atoms with Crippen LogP contribution in [0.25, 0.3) is 0 Å². The Balaban J connectivity index is 3.25. The Bertz CT molecular complexity index is 275. The second kappa shape index (κ2) is 4.23. The molecule has 1 aromatic rings. The van der Waals surface area contributed by atoms with Crippen LogP contribution in [0, 0.1) is 13.0 Å². The fraction of sp³-hybridized carbons (Fsp3) is 0.143. The third-order valence-electron chi connectivity index (χ3n) is 1.26. The summed E-state index contributed by atoms with van der Waals surface area (Å²) in [7, 11) is 0. The van der Waals surface area contributed by atoms with Crippen LogP contribution in [-0.2, 0) is 5.88 Å². The lowest BCUT2D eigenvalue weighted by atomic mass is 10.2. The van der Waals surface area contributed by atoms with Gasteiger partial charge in [0.25, 0.3) is 0 Å². The largest absolute Gasteiger partial charge is 0.206 e. The first-order valence-electron chi connectivity index (χ1n) is 2.85. The summed E-state index contributed by atoms with van der Waals surface area (Å²) < 4.78 is 14.4. The molecule has 0 saturated heterocycles. The van der Waals surface area contributed by atoms with E-state index in [4.69, 9.17) is 11.6 Å². The van der Waals surface area contributed by atoms with Gasteiger partial charge in [-0.25, -0.2) is 4.39 Å². The molecule has 0 radical (unpaired) electrons. The first kappa shape index (κ1) is 9.98. The van der Waals surface area contributed by atoms with Crippen molar-refractivity contribution in [3.8, 4) is 0 Å². The first-order chi connectivity index (χ1) is 5.16. The summed E-state index contributed by atoms with van der Waals surface area (Å²) >= 11 is 9.70. The second-order valence-electron chi connectivity index (χ2n) is 1.97. The van der Waals surface area contributed by atoms with E-state index in [0.717, 1.165) is 9.13 Å². The molecule has 0 saturated carbocycles. The molecule has 0 unspecified atom stereocenters. The normalized spacial score (nSPS) is 10.2. The van der Waals surface area contributed by atoms with E-state index in [0.29, 0.717) is 9.45 Å². The Morgan fingerprint density at radius 2 is 1.91 bits per heavy atom. The van der Waals surface area contributed by atoms with Gasteiger partial charge in [0.05, 0.1) is 3.57 Å². The van der Waals surface area contributed by atoms with E-state index in [1.54, 1.807) is 6.07 Å². The lowest BCUT2D eigenvalue weighted by molar-refractivity contribution is 0.618. The minimum Gasteiger partial charge on any atom is -0.206 e. The van der Waals surface area contributed by atoms with Gasteiger partial charge in [0.15, 0.2) is 0 Å². The predicted octanol–water partition coefficient (Wildman–Crippen LogP) is 3.77. The molecule has 1 aromatic carbocycles. The van der Waals surface area contributed by atoms with E-state index in [1.807, 2.05) is 22.6 Å². The lowest BCUT2D eigenvalue weighted by Gasteiger charge is -2.02. The second-order valence-corrected chi connectivity index (χ2v) is 4.39. The fourth-order valence-corrected chi connectivity index (χ4v) is 2.27. The molecular formula is C7H4ClFI2. The van der Waals surface area contributed by atoms with E-state index in [1.165, 1.54) is 6.07 Å². The van der Waals surface area contributed by atoms with Crippen molar-refractivity contribution in [2.75, 3.05) is 0 Å². The van der Waals surface area contributed by atoms with Crippen LogP contribution in [-0.4, -0.2) is 0 Å². The number of benzene rings is 1. The molecule has 0 bridgehead atoms. The average molecular weight is 396 g/mol. The molecule has 0 fully saturated rings. The third-order valence-corrected chi connectivity index (χ3v) is 4.87. The van der Waals surface area contributed by atoms with Crippen LogP contribution in [0.5, 0.6) is 0 Å². The van der Waals surface area contributed by atoms with Crippen LogP contribution in [0.15, 0.2) is 12.1 Å². The number of hydrogen-bond acceptors (Lipinski definition) is 0. The highest BCUT2D eigenvalue weighted by Gasteiger charge is 2.06. The maximum absolute atomic E-state index is 12.8. The predicted molar refractivity (Wildman–Crippen MR) is 61.4 cm³/mol. The van der Waals surface area contributed by atoms with E-state index in [-0.39, 0.29) is 5.82 Å². The van der Waals surface area contributed by atoms with Crippen LogP contribution in [0.4, 0.5) is 4.39 Å². The molecule has 0 aliphatic rings. The van der Waals surface area contributed by atoms with Crippen molar-refractivity contribution in [2.24, 2.45) is 0 Å². The van der Waals surface area contributed by atoms with Gasteiger partial charge in [-0.3, -0.25) is 0 Å². The zero-order valence-electron chi connectivity index (χ0n) is 5.37. The highest BCUT2D eigenvalue weighted by molar-refractivity contribution is 14.1. The Labute approximate surface area is 96.8 Å². The fourth-order valence-electron chi connectivity index (χ4n) is 0.669. The SMILES string of the molecule is Fc1ccc(CCl)c(I)c1I. The summed E-state index contributed by atoms with van der Waals surface area (Å²) in [6.45, 7) is 0. The summed E-state index contributed by atoms with van der Waals surface area (Å²) in [5, 5.41) is 0. The Kier molecular flexibility index (Phi) is 3.84. The van der Waals surface area contributed by atoms with Crippen molar-refractivity contribution in [1.29, 1.82) is 0 Å². The Morgan fingerprint density at radius 1 is 1.27 bits per heavy atom. The van der Waals surface area contributed by atoms with Crippen molar-refractivity contribution in [3.05, 3.63) is 30.7 Å². The van der Waals surface area contributed by atoms with Gasteiger partial charge in [-0.2, -0.15) is 0 Å². The van der Waals surface area contributed by atoms with Crippen LogP contribution in [0.3, 0.4) is 0 Å². The molecule has 0 nitrogen and oxygen atoms in total. The van der Waals surface area contributed by atoms with E-state index >= 15 is 0 Å². The molecule has 0 aliphatic heterocycles. The van der Waals surface area contributed by atoms with Crippen LogP contribution in [0.1, 0.15) is 5.56 Å². The number of hydrogen-bond donors (Lipinski definition) is 0. The Hall–Kier alpha value is 0.900. The topological polar surface area (TPSA) is 0 Å². The zero-order chi connectivity index (χ0) is 8.43.